The number of aromatic nitrogens is 5. The number of hydrogen-bond acceptors (Lipinski definition) is 23. The molecule has 23 nitrogen and oxygen atoms in total. The van der Waals surface area contributed by atoms with E-state index in [9.17, 15) is 24.0 Å². The molecule has 5 heterocycles. The molecule has 3 N–H and O–H groups in total. The van der Waals surface area contributed by atoms with Crippen LogP contribution in [0.15, 0.2) is 55.7 Å². The number of carbonyl (C=O) groups excluding carboxylic acids is 4. The summed E-state index contributed by atoms with van der Waals surface area (Å²) >= 11 is 11.1. The first-order chi connectivity index (χ1) is 29.4. The summed E-state index contributed by atoms with van der Waals surface area (Å²) in [6, 6.07) is 6.30. The topological polar surface area (TPSA) is 333 Å². The second-order valence-corrected chi connectivity index (χ2v) is 14.4. The van der Waals surface area contributed by atoms with Gasteiger partial charge in [0.1, 0.15) is 6.61 Å². The van der Waals surface area contributed by atoms with Gasteiger partial charge in [-0.2, -0.15) is 0 Å². The van der Waals surface area contributed by atoms with Gasteiger partial charge in [-0.3, -0.25) is 14.4 Å². The molecule has 0 unspecified atom stereocenters. The second kappa shape index (κ2) is 42.2. The normalized spacial score (nSPS) is 8.77. The Balaban J connectivity index is -0.000000212. The van der Waals surface area contributed by atoms with Crippen molar-refractivity contribution in [3.8, 4) is 0 Å². The van der Waals surface area contributed by atoms with Crippen LogP contribution in [0.2, 0.25) is 0 Å². The van der Waals surface area contributed by atoms with E-state index in [2.05, 4.69) is 122 Å². The number of rotatable bonds is 7. The van der Waals surface area contributed by atoms with Gasteiger partial charge in [-0.1, -0.05) is 33.2 Å². The van der Waals surface area contributed by atoms with Gasteiger partial charge >= 0.3 is 48.6 Å². The maximum atomic E-state index is 10.7. The SMILES string of the molecule is C.CC(=O)Cl.CC(=O)OCc1cc(C)no1.CC(=O)OCc1onc(C)c1Br.CO.COC(=O)c1cc(C)no1.Cc1cc(C(=O)O)on1.Cc1cc(CO)on1.O=S(Cl)Cl.[B]=NS. The molecule has 30 heteroatoms. The Morgan fingerprint density at radius 2 is 1.12 bits per heavy atom. The minimum atomic E-state index is -1.67. The third-order valence-corrected chi connectivity index (χ3v) is 6.06. The Morgan fingerprint density at radius 3 is 1.38 bits per heavy atom. The molecular weight excluding hydrogens is 1030 g/mol. The van der Waals surface area contributed by atoms with Gasteiger partial charge in [-0.15, -0.1) is 0 Å². The number of aryl methyl sites for hydroxylation is 5. The molecule has 0 saturated carbocycles. The van der Waals surface area contributed by atoms with Crippen LogP contribution in [-0.4, -0.2) is 96.3 Å². The van der Waals surface area contributed by atoms with Crippen molar-refractivity contribution in [2.45, 2.75) is 82.6 Å². The molecule has 0 atom stereocenters. The molecule has 5 aromatic rings. The summed E-state index contributed by atoms with van der Waals surface area (Å²) in [5.41, 5.74) is 3.58. The van der Waals surface area contributed by atoms with E-state index in [1.807, 2.05) is 6.92 Å². The summed E-state index contributed by atoms with van der Waals surface area (Å²) in [5.74, 6) is -0.610. The van der Waals surface area contributed by atoms with Gasteiger partial charge in [0, 0.05) is 73.5 Å². The van der Waals surface area contributed by atoms with Crippen LogP contribution in [-0.2, 0) is 57.6 Å². The number of halogens is 4. The Kier molecular flexibility index (Phi) is 45.0. The fourth-order valence-corrected chi connectivity index (χ4v) is 3.09. The third kappa shape index (κ3) is 41.3. The molecule has 0 fully saturated rings. The summed E-state index contributed by atoms with van der Waals surface area (Å²) < 4.78 is 49.5. The molecule has 0 saturated heterocycles. The van der Waals surface area contributed by atoms with Crippen LogP contribution in [0.25, 0.3) is 0 Å². The van der Waals surface area contributed by atoms with Crippen LogP contribution in [0.3, 0.4) is 0 Å². The molecule has 0 aliphatic rings. The van der Waals surface area contributed by atoms with Crippen molar-refractivity contribution in [1.82, 2.24) is 25.8 Å². The maximum absolute atomic E-state index is 10.7. The third-order valence-electron chi connectivity index (χ3n) is 5.04. The molecule has 0 aromatic carbocycles. The quantitative estimate of drug-likeness (QED) is 0.0418. The average molecular weight is 1070 g/mol. The molecular formula is C34H48BBrCl3N6O17S2. The number of ether oxygens (including phenoxy) is 3. The zero-order chi connectivity index (χ0) is 49.7. The minimum absolute atomic E-state index is 0. The Bertz CT molecular complexity index is 2060. The molecule has 359 valence electrons. The number of esters is 3. The number of carbonyl (C=O) groups is 5. The molecule has 0 aliphatic heterocycles. The number of thiol groups is 1. The summed E-state index contributed by atoms with van der Waals surface area (Å²) in [6.45, 7) is 13.0. The van der Waals surface area contributed by atoms with E-state index in [1.54, 1.807) is 39.8 Å². The number of methoxy groups -OCH3 is 1. The van der Waals surface area contributed by atoms with E-state index in [0.29, 0.717) is 28.7 Å². The van der Waals surface area contributed by atoms with Crippen LogP contribution in [0.5, 0.6) is 0 Å². The van der Waals surface area contributed by atoms with Gasteiger partial charge in [-0.05, 0) is 62.1 Å². The molecule has 5 rings (SSSR count). The first-order valence-corrected chi connectivity index (χ1v) is 20.7. The van der Waals surface area contributed by atoms with Gasteiger partial charge in [0.25, 0.3) is 0 Å². The first kappa shape index (κ1) is 68.3. The fraction of sp³-hybridized carbons (Fsp3) is 0.412. The number of carboxylic acid groups (broad SMARTS) is 1. The van der Waals surface area contributed by atoms with Crippen LogP contribution in [0, 0.1) is 34.6 Å². The van der Waals surface area contributed by atoms with Gasteiger partial charge in [0.2, 0.25) is 26.0 Å². The molecule has 0 spiro atoms. The zero-order valence-electron chi connectivity index (χ0n) is 35.1. The average Bonchev–Trinajstić information content (AvgIpc) is 4.07. The number of aliphatic hydroxyl groups is 2. The van der Waals surface area contributed by atoms with E-state index in [0.717, 1.165) is 28.7 Å². The number of nitrogens with zero attached hydrogens (tertiary/aromatic N) is 6. The Morgan fingerprint density at radius 1 is 0.766 bits per heavy atom. The Hall–Kier alpha value is -4.77. The number of carboxylic acids is 1. The molecule has 5 aromatic heterocycles. The number of hydrogen-bond donors (Lipinski definition) is 4. The molecule has 64 heavy (non-hydrogen) atoms. The van der Waals surface area contributed by atoms with Crippen molar-refractivity contribution < 1.29 is 80.3 Å². The molecule has 0 amide bonds. The zero-order valence-corrected chi connectivity index (χ0v) is 40.7. The van der Waals surface area contributed by atoms with Crippen molar-refractivity contribution in [2.75, 3.05) is 14.2 Å². The van der Waals surface area contributed by atoms with Crippen molar-refractivity contribution in [3.05, 3.63) is 86.0 Å². The predicted molar refractivity (Wildman–Crippen MR) is 237 cm³/mol. The van der Waals surface area contributed by atoms with E-state index in [1.165, 1.54) is 40.0 Å². The summed E-state index contributed by atoms with van der Waals surface area (Å²) in [5, 5.41) is 41.1. The van der Waals surface area contributed by atoms with Crippen LogP contribution >= 0.6 is 61.7 Å². The van der Waals surface area contributed by atoms with Gasteiger partial charge in [-0.25, -0.2) is 13.8 Å². The molecule has 1 radical (unpaired) electrons. The first-order valence-electron chi connectivity index (χ1n) is 16.3. The van der Waals surface area contributed by atoms with E-state index in [4.69, 9.17) is 33.3 Å². The van der Waals surface area contributed by atoms with Gasteiger partial charge in [0.05, 0.1) is 40.1 Å². The van der Waals surface area contributed by atoms with Crippen molar-refractivity contribution in [3.63, 3.8) is 0 Å². The van der Waals surface area contributed by atoms with E-state index in [-0.39, 0.29) is 55.9 Å². The van der Waals surface area contributed by atoms with E-state index < -0.39 is 21.2 Å². The van der Waals surface area contributed by atoms with Gasteiger partial charge < -0.3 is 52.1 Å². The van der Waals surface area contributed by atoms with Gasteiger partial charge in [0.15, 0.2) is 30.5 Å². The predicted octanol–water partition coefficient (Wildman–Crippen LogP) is 7.02. The fourth-order valence-electron chi connectivity index (χ4n) is 2.84. The standard InChI is InChI=1S/C7H8BrNO3.C7H9NO3.C6H7NO3.C5H5NO3.C5H7NO2.C2H3ClO.CH4O.CH4.BHNS.Cl2OS/c1-4-7(8)6(12-9-4)3-11-5(2)10;1-5-3-7(11-8-5)4-10-6(2)9;1-4-3-5(10-7-4)6(8)9-2;1-3-2-4(5(7)8)9-6-3;1-4-2-5(3-7)8-6-4;1-2(3)4;1-2;;1-2-3;1-4(2)3/h3H2,1-2H3;3H,4H2,1-2H3;3H,1-2H3;2H,1H3,(H,7,8);2,7H,3H2,1H3;1H3;2H,1H3;1H4;3H;. The number of aliphatic hydroxyl groups excluding tert-OH is 2. The summed E-state index contributed by atoms with van der Waals surface area (Å²) in [6.07, 6.45) is 0. The summed E-state index contributed by atoms with van der Waals surface area (Å²) in [7, 11) is 14.0. The van der Waals surface area contributed by atoms with E-state index >= 15 is 0 Å². The van der Waals surface area contributed by atoms with Crippen molar-refractivity contribution in [2.24, 2.45) is 4.30 Å². The Labute approximate surface area is 399 Å². The van der Waals surface area contributed by atoms with Crippen LogP contribution in [0.4, 0.5) is 0 Å². The molecule has 0 bridgehead atoms. The van der Waals surface area contributed by atoms with Crippen molar-refractivity contribution in [1.29, 1.82) is 0 Å². The monoisotopic (exact) mass is 1070 g/mol. The second-order valence-electron chi connectivity index (χ2n) is 10.3. The summed E-state index contributed by atoms with van der Waals surface area (Å²) in [4.78, 5) is 50.7. The van der Waals surface area contributed by atoms with Crippen LogP contribution < -0.4 is 0 Å². The number of aromatic carboxylic acids is 1. The van der Waals surface area contributed by atoms with Crippen molar-refractivity contribution >= 4 is 108 Å². The van der Waals surface area contributed by atoms with Crippen LogP contribution in [0.1, 0.15) is 95.1 Å². The molecule has 0 aliphatic carbocycles.